The number of fused-ring (bicyclic) bond motifs is 3. The lowest BCUT2D eigenvalue weighted by atomic mass is 10.1. The molecule has 84 valence electrons. The van der Waals surface area contributed by atoms with Gasteiger partial charge in [0.2, 0.25) is 0 Å². The second-order valence-electron chi connectivity index (χ2n) is 3.74. The summed E-state index contributed by atoms with van der Waals surface area (Å²) in [6, 6.07) is 9.56. The van der Waals surface area contributed by atoms with Gasteiger partial charge in [0.05, 0.1) is 5.39 Å². The van der Waals surface area contributed by atoms with Gasteiger partial charge in [-0.15, -0.1) is 0 Å². The summed E-state index contributed by atoms with van der Waals surface area (Å²) in [4.78, 5) is 11.7. The van der Waals surface area contributed by atoms with Crippen LogP contribution in [0.4, 0.5) is 0 Å². The van der Waals surface area contributed by atoms with Crippen molar-refractivity contribution in [2.45, 2.75) is 0 Å². The van der Waals surface area contributed by atoms with Crippen molar-refractivity contribution in [1.29, 1.82) is 0 Å². The van der Waals surface area contributed by atoms with Crippen molar-refractivity contribution in [2.75, 3.05) is 0 Å². The number of para-hydroxylation sites is 1. The van der Waals surface area contributed by atoms with E-state index in [1.165, 1.54) is 12.1 Å². The van der Waals surface area contributed by atoms with Crippen LogP contribution in [-0.2, 0) is 0 Å². The molecule has 2 N–H and O–H groups in total. The zero-order chi connectivity index (χ0) is 12.0. The fraction of sp³-hybridized carbons (Fsp3) is 0. The number of benzene rings is 2. The van der Waals surface area contributed by atoms with E-state index in [1.807, 2.05) is 0 Å². The quantitative estimate of drug-likeness (QED) is 0.352. The number of rotatable bonds is 0. The van der Waals surface area contributed by atoms with E-state index in [0.29, 0.717) is 16.4 Å². The molecule has 0 aliphatic rings. The molecular weight excluding hydrogens is 220 g/mol. The first-order valence-corrected chi connectivity index (χ1v) is 5.05. The van der Waals surface area contributed by atoms with Gasteiger partial charge in [-0.25, -0.2) is 4.79 Å². The molecule has 0 aliphatic carbocycles. The Hall–Kier alpha value is -2.49. The van der Waals surface area contributed by atoms with E-state index in [0.717, 1.165) is 0 Å². The summed E-state index contributed by atoms with van der Waals surface area (Å²) in [5.74, 6) is -0.556. The van der Waals surface area contributed by atoms with Crippen molar-refractivity contribution < 1.29 is 14.6 Å². The molecule has 0 atom stereocenters. The smallest absolute Gasteiger partial charge is 0.344 e. The molecule has 2 aromatic carbocycles. The monoisotopic (exact) mass is 228 g/mol. The van der Waals surface area contributed by atoms with Crippen LogP contribution in [0.2, 0.25) is 0 Å². The zero-order valence-electron chi connectivity index (χ0n) is 8.68. The van der Waals surface area contributed by atoms with Gasteiger partial charge in [0.25, 0.3) is 0 Å². The van der Waals surface area contributed by atoms with Crippen molar-refractivity contribution >= 4 is 21.7 Å². The van der Waals surface area contributed by atoms with Crippen molar-refractivity contribution in [1.82, 2.24) is 0 Å². The normalized spacial score (nSPS) is 11.1. The molecule has 17 heavy (non-hydrogen) atoms. The van der Waals surface area contributed by atoms with Gasteiger partial charge >= 0.3 is 5.63 Å². The Morgan fingerprint density at radius 1 is 0.941 bits per heavy atom. The van der Waals surface area contributed by atoms with Crippen LogP contribution in [-0.4, -0.2) is 10.2 Å². The lowest BCUT2D eigenvalue weighted by Crippen LogP contribution is -1.99. The fourth-order valence-corrected chi connectivity index (χ4v) is 1.94. The minimum absolute atomic E-state index is 0.249. The Morgan fingerprint density at radius 3 is 2.53 bits per heavy atom. The number of hydrogen-bond acceptors (Lipinski definition) is 4. The molecule has 0 aliphatic heterocycles. The highest BCUT2D eigenvalue weighted by atomic mass is 16.4. The van der Waals surface area contributed by atoms with Crippen LogP contribution in [0.3, 0.4) is 0 Å². The second-order valence-corrected chi connectivity index (χ2v) is 3.74. The van der Waals surface area contributed by atoms with Crippen molar-refractivity contribution in [2.24, 2.45) is 0 Å². The third-order valence-corrected chi connectivity index (χ3v) is 2.74. The van der Waals surface area contributed by atoms with E-state index in [4.69, 9.17) is 4.42 Å². The number of phenolic OH excluding ortho intramolecular Hbond substituents is 2. The van der Waals surface area contributed by atoms with Gasteiger partial charge < -0.3 is 14.6 Å². The molecule has 1 aromatic heterocycles. The van der Waals surface area contributed by atoms with Crippen LogP contribution in [0.25, 0.3) is 21.7 Å². The number of aromatic hydroxyl groups is 2. The topological polar surface area (TPSA) is 70.7 Å². The van der Waals surface area contributed by atoms with Crippen LogP contribution in [0.15, 0.2) is 45.6 Å². The third kappa shape index (κ3) is 1.27. The van der Waals surface area contributed by atoms with E-state index in [-0.39, 0.29) is 16.9 Å². The first kappa shape index (κ1) is 9.72. The Bertz CT molecular complexity index is 786. The SMILES string of the molecule is O=c1oc2ccccc2c2c(O)c(O)ccc12. The molecule has 3 aromatic rings. The Labute approximate surface area is 95.3 Å². The molecule has 0 spiro atoms. The van der Waals surface area contributed by atoms with E-state index < -0.39 is 5.63 Å². The lowest BCUT2D eigenvalue weighted by molar-refractivity contribution is 0.408. The van der Waals surface area contributed by atoms with E-state index >= 15 is 0 Å². The summed E-state index contributed by atoms with van der Waals surface area (Å²) in [7, 11) is 0. The Balaban J connectivity index is 2.72. The van der Waals surface area contributed by atoms with Gasteiger partial charge in [-0.1, -0.05) is 18.2 Å². The average Bonchev–Trinajstić information content (AvgIpc) is 2.33. The summed E-state index contributed by atoms with van der Waals surface area (Å²) in [6.07, 6.45) is 0. The highest BCUT2D eigenvalue weighted by molar-refractivity contribution is 6.08. The molecule has 4 heteroatoms. The second kappa shape index (κ2) is 3.25. The zero-order valence-corrected chi connectivity index (χ0v) is 8.68. The Morgan fingerprint density at radius 2 is 1.71 bits per heavy atom. The summed E-state index contributed by atoms with van der Waals surface area (Å²) in [6.45, 7) is 0. The molecule has 4 nitrogen and oxygen atoms in total. The maximum absolute atomic E-state index is 11.7. The van der Waals surface area contributed by atoms with Crippen LogP contribution in [0, 0.1) is 0 Å². The molecule has 0 unspecified atom stereocenters. The van der Waals surface area contributed by atoms with Crippen LogP contribution < -0.4 is 5.63 Å². The van der Waals surface area contributed by atoms with Crippen molar-refractivity contribution in [3.63, 3.8) is 0 Å². The predicted molar refractivity (Wildman–Crippen MR) is 63.3 cm³/mol. The summed E-state index contributed by atoms with van der Waals surface area (Å²) in [5, 5.41) is 20.5. The maximum Gasteiger partial charge on any atom is 0.344 e. The predicted octanol–water partition coefficient (Wildman–Crippen LogP) is 2.36. The highest BCUT2D eigenvalue weighted by Gasteiger charge is 2.13. The largest absolute Gasteiger partial charge is 0.504 e. The first-order chi connectivity index (χ1) is 8.18. The standard InChI is InChI=1S/C13H8O4/c14-9-6-5-8-11(12(9)15)7-3-1-2-4-10(7)17-13(8)16/h1-6,14-15H. The van der Waals surface area contributed by atoms with Gasteiger partial charge in [0, 0.05) is 10.8 Å². The molecule has 0 bridgehead atoms. The molecule has 0 amide bonds. The van der Waals surface area contributed by atoms with E-state index in [1.54, 1.807) is 24.3 Å². The molecule has 0 saturated heterocycles. The molecule has 3 rings (SSSR count). The molecule has 0 radical (unpaired) electrons. The summed E-state index contributed by atoms with van der Waals surface area (Å²) in [5.41, 5.74) is -0.153. The maximum atomic E-state index is 11.7. The average molecular weight is 228 g/mol. The van der Waals surface area contributed by atoms with Gasteiger partial charge in [-0.2, -0.15) is 0 Å². The Kier molecular flexibility index (Phi) is 1.86. The van der Waals surface area contributed by atoms with Crippen LogP contribution in [0.5, 0.6) is 11.5 Å². The molecular formula is C13H8O4. The molecule has 1 heterocycles. The number of phenols is 2. The highest BCUT2D eigenvalue weighted by Crippen LogP contribution is 2.36. The van der Waals surface area contributed by atoms with Crippen molar-refractivity contribution in [3.05, 3.63) is 46.8 Å². The first-order valence-electron chi connectivity index (χ1n) is 5.05. The van der Waals surface area contributed by atoms with Gasteiger partial charge in [-0.05, 0) is 18.2 Å². The number of hydrogen-bond donors (Lipinski definition) is 2. The van der Waals surface area contributed by atoms with Crippen LogP contribution >= 0.6 is 0 Å². The minimum atomic E-state index is -0.533. The molecule has 0 saturated carbocycles. The van der Waals surface area contributed by atoms with E-state index in [9.17, 15) is 15.0 Å². The van der Waals surface area contributed by atoms with Crippen LogP contribution in [0.1, 0.15) is 0 Å². The summed E-state index contributed by atoms with van der Waals surface area (Å²) >= 11 is 0. The lowest BCUT2D eigenvalue weighted by Gasteiger charge is -2.05. The van der Waals surface area contributed by atoms with Gasteiger partial charge in [-0.3, -0.25) is 0 Å². The summed E-state index contributed by atoms with van der Waals surface area (Å²) < 4.78 is 5.12. The van der Waals surface area contributed by atoms with E-state index in [2.05, 4.69) is 0 Å². The van der Waals surface area contributed by atoms with Gasteiger partial charge in [0.1, 0.15) is 5.58 Å². The van der Waals surface area contributed by atoms with Crippen molar-refractivity contribution in [3.8, 4) is 11.5 Å². The minimum Gasteiger partial charge on any atom is -0.504 e. The van der Waals surface area contributed by atoms with Gasteiger partial charge in [0.15, 0.2) is 11.5 Å². The molecule has 0 fully saturated rings. The third-order valence-electron chi connectivity index (χ3n) is 2.74. The fourth-order valence-electron chi connectivity index (χ4n) is 1.94.